The first-order chi connectivity index (χ1) is 12.4. The van der Waals surface area contributed by atoms with E-state index in [2.05, 4.69) is 5.32 Å². The van der Waals surface area contributed by atoms with Crippen molar-refractivity contribution in [1.29, 1.82) is 0 Å². The van der Waals surface area contributed by atoms with E-state index in [-0.39, 0.29) is 37.6 Å². The van der Waals surface area contributed by atoms with E-state index in [1.54, 1.807) is 32.0 Å². The number of methoxy groups -OCH3 is 1. The molecule has 0 aromatic heterocycles. The van der Waals surface area contributed by atoms with Gasteiger partial charge in [0.25, 0.3) is 5.91 Å². The maximum atomic E-state index is 12.6. The number of ether oxygens (including phenoxy) is 2. The molecule has 8 nitrogen and oxygen atoms in total. The molecule has 0 spiro atoms. The number of amides is 1. The summed E-state index contributed by atoms with van der Waals surface area (Å²) in [4.78, 5) is 38.0. The Bertz CT molecular complexity index is 756. The molecular formula is C18H22N2O6. The zero-order valence-corrected chi connectivity index (χ0v) is 15.0. The van der Waals surface area contributed by atoms with Gasteiger partial charge in [-0.05, 0) is 31.5 Å². The monoisotopic (exact) mass is 362 g/mol. The van der Waals surface area contributed by atoms with Crippen molar-refractivity contribution in [3.8, 4) is 0 Å². The number of aliphatic hydroxyl groups is 1. The number of hydrogen-bond donors (Lipinski definition) is 2. The Balaban J connectivity index is 2.38. The maximum Gasteiger partial charge on any atom is 0.338 e. The topological polar surface area (TPSA) is 105 Å². The number of anilines is 1. The van der Waals surface area contributed by atoms with E-state index in [1.807, 2.05) is 0 Å². The summed E-state index contributed by atoms with van der Waals surface area (Å²) in [5.74, 6) is -1.50. The molecule has 0 unspecified atom stereocenters. The minimum atomic E-state index is -0.625. The highest BCUT2D eigenvalue weighted by atomic mass is 16.5. The van der Waals surface area contributed by atoms with Crippen LogP contribution in [0.1, 0.15) is 22.8 Å². The fourth-order valence-corrected chi connectivity index (χ4v) is 2.68. The van der Waals surface area contributed by atoms with Crippen molar-refractivity contribution < 1.29 is 29.0 Å². The van der Waals surface area contributed by atoms with E-state index in [0.717, 1.165) is 0 Å². The highest BCUT2D eigenvalue weighted by Crippen LogP contribution is 2.26. The van der Waals surface area contributed by atoms with Crippen molar-refractivity contribution in [1.82, 2.24) is 4.90 Å². The van der Waals surface area contributed by atoms with Crippen LogP contribution in [-0.2, 0) is 19.1 Å². The average Bonchev–Trinajstić information content (AvgIpc) is 2.93. The Morgan fingerprint density at radius 3 is 2.65 bits per heavy atom. The molecule has 1 aromatic carbocycles. The zero-order valence-electron chi connectivity index (χ0n) is 15.0. The number of benzene rings is 1. The van der Waals surface area contributed by atoms with Gasteiger partial charge in [-0.2, -0.15) is 0 Å². The number of rotatable bonds is 7. The highest BCUT2D eigenvalue weighted by molar-refractivity contribution is 6.08. The second kappa shape index (κ2) is 8.48. The van der Waals surface area contributed by atoms with Crippen LogP contribution in [0, 0.1) is 6.92 Å². The maximum absolute atomic E-state index is 12.6. The molecule has 26 heavy (non-hydrogen) atoms. The van der Waals surface area contributed by atoms with Crippen LogP contribution in [0.5, 0.6) is 0 Å². The van der Waals surface area contributed by atoms with E-state index in [1.165, 1.54) is 12.0 Å². The molecular weight excluding hydrogens is 340 g/mol. The molecule has 0 bridgehead atoms. The van der Waals surface area contributed by atoms with Crippen molar-refractivity contribution in [3.63, 3.8) is 0 Å². The van der Waals surface area contributed by atoms with E-state index in [4.69, 9.17) is 14.6 Å². The fourth-order valence-electron chi connectivity index (χ4n) is 2.68. The summed E-state index contributed by atoms with van der Waals surface area (Å²) in [6.45, 7) is 3.62. The summed E-state index contributed by atoms with van der Waals surface area (Å²) in [5, 5.41) is 12.0. The van der Waals surface area contributed by atoms with Crippen molar-refractivity contribution in [3.05, 3.63) is 40.6 Å². The van der Waals surface area contributed by atoms with Gasteiger partial charge in [0, 0.05) is 12.2 Å². The second-order valence-electron chi connectivity index (χ2n) is 5.62. The van der Waals surface area contributed by atoms with Gasteiger partial charge in [0.05, 0.1) is 38.0 Å². The van der Waals surface area contributed by atoms with Gasteiger partial charge in [-0.15, -0.1) is 0 Å². The van der Waals surface area contributed by atoms with Gasteiger partial charge in [-0.25, -0.2) is 9.59 Å². The Morgan fingerprint density at radius 1 is 1.31 bits per heavy atom. The summed E-state index contributed by atoms with van der Waals surface area (Å²) in [6.07, 6.45) is 0. The van der Waals surface area contributed by atoms with Crippen LogP contribution in [0.15, 0.2) is 29.5 Å². The lowest BCUT2D eigenvalue weighted by atomic mass is 10.1. The third-order valence-electron chi connectivity index (χ3n) is 4.04. The lowest BCUT2D eigenvalue weighted by molar-refractivity contribution is -0.136. The smallest absolute Gasteiger partial charge is 0.338 e. The van der Waals surface area contributed by atoms with Crippen LogP contribution in [0.4, 0.5) is 5.69 Å². The quantitative estimate of drug-likeness (QED) is 0.693. The molecule has 0 radical (unpaired) electrons. The molecule has 1 aliphatic heterocycles. The minimum Gasteiger partial charge on any atom is -0.466 e. The molecule has 140 valence electrons. The van der Waals surface area contributed by atoms with Crippen molar-refractivity contribution >= 4 is 23.5 Å². The molecule has 0 saturated heterocycles. The summed E-state index contributed by atoms with van der Waals surface area (Å²) in [7, 11) is 1.23. The third kappa shape index (κ3) is 3.85. The van der Waals surface area contributed by atoms with E-state index < -0.39 is 17.8 Å². The Labute approximate surface area is 151 Å². The third-order valence-corrected chi connectivity index (χ3v) is 4.04. The standard InChI is InChI=1S/C18H22N2O6/c1-4-26-18(24)12-6-5-7-14(11(12)2)19-15-13(17(23)25-3)10-20(8-9-21)16(15)22/h5-7,19,21H,4,8-10H2,1-3H3. The predicted molar refractivity (Wildman–Crippen MR) is 93.5 cm³/mol. The first-order valence-electron chi connectivity index (χ1n) is 8.19. The summed E-state index contributed by atoms with van der Waals surface area (Å²) < 4.78 is 9.77. The van der Waals surface area contributed by atoms with Crippen molar-refractivity contribution in [2.75, 3.05) is 38.7 Å². The molecule has 2 rings (SSSR count). The van der Waals surface area contributed by atoms with E-state index >= 15 is 0 Å². The predicted octanol–water partition coefficient (Wildman–Crippen LogP) is 0.845. The number of aliphatic hydroxyl groups excluding tert-OH is 1. The van der Waals surface area contributed by atoms with Crippen LogP contribution >= 0.6 is 0 Å². The van der Waals surface area contributed by atoms with Gasteiger partial charge in [0.1, 0.15) is 5.70 Å². The molecule has 0 saturated carbocycles. The molecule has 0 atom stereocenters. The van der Waals surface area contributed by atoms with E-state index in [9.17, 15) is 14.4 Å². The van der Waals surface area contributed by atoms with Gasteiger partial charge in [-0.1, -0.05) is 6.07 Å². The number of hydrogen-bond acceptors (Lipinski definition) is 7. The largest absolute Gasteiger partial charge is 0.466 e. The average molecular weight is 362 g/mol. The number of carbonyl (C=O) groups excluding carboxylic acids is 3. The highest BCUT2D eigenvalue weighted by Gasteiger charge is 2.34. The van der Waals surface area contributed by atoms with Gasteiger partial charge < -0.3 is 24.8 Å². The summed E-state index contributed by atoms with van der Waals surface area (Å²) >= 11 is 0. The lowest BCUT2D eigenvalue weighted by Gasteiger charge is -2.16. The molecule has 1 amide bonds. The minimum absolute atomic E-state index is 0.0466. The molecule has 2 N–H and O–H groups in total. The number of carbonyl (C=O) groups is 3. The molecule has 0 fully saturated rings. The second-order valence-corrected chi connectivity index (χ2v) is 5.62. The SMILES string of the molecule is CCOC(=O)c1cccc(NC2=C(C(=O)OC)CN(CCO)C2=O)c1C. The normalized spacial score (nSPS) is 13.8. The van der Waals surface area contributed by atoms with Crippen LogP contribution in [0.2, 0.25) is 0 Å². The van der Waals surface area contributed by atoms with Crippen molar-refractivity contribution in [2.45, 2.75) is 13.8 Å². The first-order valence-corrected chi connectivity index (χ1v) is 8.19. The molecule has 8 heteroatoms. The number of esters is 2. The van der Waals surface area contributed by atoms with Crippen molar-refractivity contribution in [2.24, 2.45) is 0 Å². The Morgan fingerprint density at radius 2 is 2.04 bits per heavy atom. The Kier molecular flexibility index (Phi) is 6.35. The number of β-amino-alcohol motifs (C(OH)–C–C–N with tert-alkyl or cyclic N) is 1. The first kappa shape index (κ1) is 19.5. The van der Waals surface area contributed by atoms with Crippen LogP contribution < -0.4 is 5.32 Å². The summed E-state index contributed by atoms with van der Waals surface area (Å²) in [6, 6.07) is 4.98. The van der Waals surface area contributed by atoms with Crippen LogP contribution in [0.25, 0.3) is 0 Å². The van der Waals surface area contributed by atoms with Crippen LogP contribution in [-0.4, -0.2) is 61.3 Å². The Hall–Kier alpha value is -2.87. The molecule has 1 aromatic rings. The number of nitrogens with zero attached hydrogens (tertiary/aromatic N) is 1. The van der Waals surface area contributed by atoms with Gasteiger partial charge in [-0.3, -0.25) is 4.79 Å². The molecule has 0 aliphatic carbocycles. The molecule has 1 heterocycles. The lowest BCUT2D eigenvalue weighted by Crippen LogP contribution is -2.31. The van der Waals surface area contributed by atoms with Gasteiger partial charge >= 0.3 is 11.9 Å². The van der Waals surface area contributed by atoms with Gasteiger partial charge in [0.2, 0.25) is 0 Å². The molecule has 1 aliphatic rings. The van der Waals surface area contributed by atoms with Gasteiger partial charge in [0.15, 0.2) is 0 Å². The summed E-state index contributed by atoms with van der Waals surface area (Å²) in [5.41, 5.74) is 1.72. The fraction of sp³-hybridized carbons (Fsp3) is 0.389. The van der Waals surface area contributed by atoms with E-state index in [0.29, 0.717) is 16.8 Å². The zero-order chi connectivity index (χ0) is 19.3. The van der Waals surface area contributed by atoms with Crippen LogP contribution in [0.3, 0.4) is 0 Å². The number of nitrogens with one attached hydrogen (secondary N) is 1.